The smallest absolute Gasteiger partial charge is 0.286 e. The maximum Gasteiger partial charge on any atom is 0.286 e. The molecule has 0 unspecified atom stereocenters. The molecule has 0 atom stereocenters. The molecule has 0 fully saturated rings. The molecule has 8 heteroatoms. The van der Waals surface area contributed by atoms with Crippen LogP contribution in [0.5, 0.6) is 0 Å². The Hall–Kier alpha value is -3.39. The fraction of sp³-hybridized carbons (Fsp3) is 0.0500. The van der Waals surface area contributed by atoms with Gasteiger partial charge in [-0.05, 0) is 58.4 Å². The number of aryl methyl sites for hydroxylation is 1. The number of carbonyl (C=O) groups excluding carboxylic acids is 2. The van der Waals surface area contributed by atoms with E-state index in [2.05, 4.69) is 31.8 Å². The van der Waals surface area contributed by atoms with E-state index in [9.17, 15) is 9.59 Å². The fourth-order valence-corrected chi connectivity index (χ4v) is 3.46. The lowest BCUT2D eigenvalue weighted by molar-refractivity contribution is 0.0842. The molecule has 4 rings (SSSR count). The molecule has 2 amide bonds. The van der Waals surface area contributed by atoms with Crippen LogP contribution in [0.1, 0.15) is 20.8 Å². The molecule has 7 nitrogen and oxygen atoms in total. The summed E-state index contributed by atoms with van der Waals surface area (Å²) in [6, 6.07) is 16.6. The number of hydrazine groups is 1. The van der Waals surface area contributed by atoms with Crippen molar-refractivity contribution in [3.63, 3.8) is 0 Å². The zero-order valence-corrected chi connectivity index (χ0v) is 16.5. The third kappa shape index (κ3) is 3.41. The number of aromatic nitrogens is 3. The van der Waals surface area contributed by atoms with Gasteiger partial charge in [-0.3, -0.25) is 25.0 Å². The van der Waals surface area contributed by atoms with Crippen LogP contribution in [0.4, 0.5) is 0 Å². The number of para-hydroxylation sites is 2. The van der Waals surface area contributed by atoms with Gasteiger partial charge in [-0.25, -0.2) is 4.98 Å². The molecule has 140 valence electrons. The second kappa shape index (κ2) is 7.32. The van der Waals surface area contributed by atoms with Gasteiger partial charge in [-0.1, -0.05) is 12.1 Å². The number of rotatable bonds is 3. The van der Waals surface area contributed by atoms with Crippen molar-refractivity contribution in [2.45, 2.75) is 0 Å². The van der Waals surface area contributed by atoms with Gasteiger partial charge in [0.15, 0.2) is 0 Å². The minimum atomic E-state index is -0.400. The van der Waals surface area contributed by atoms with Crippen LogP contribution in [0.25, 0.3) is 16.7 Å². The summed E-state index contributed by atoms with van der Waals surface area (Å²) < 4.78 is 4.40. The van der Waals surface area contributed by atoms with E-state index in [0.29, 0.717) is 11.3 Å². The number of imidazole rings is 1. The molecule has 0 saturated heterocycles. The van der Waals surface area contributed by atoms with Crippen LogP contribution in [-0.2, 0) is 7.05 Å². The molecule has 0 saturated carbocycles. The van der Waals surface area contributed by atoms with E-state index in [1.807, 2.05) is 41.0 Å². The van der Waals surface area contributed by atoms with Crippen molar-refractivity contribution >= 4 is 38.8 Å². The maximum absolute atomic E-state index is 12.3. The number of nitrogens with one attached hydrogen (secondary N) is 2. The Labute approximate surface area is 169 Å². The summed E-state index contributed by atoms with van der Waals surface area (Å²) in [4.78, 5) is 28.9. The van der Waals surface area contributed by atoms with Gasteiger partial charge in [0.2, 0.25) is 0 Å². The molecule has 2 N–H and O–H groups in total. The Bertz CT molecular complexity index is 1180. The Balaban J connectivity index is 1.45. The molecule has 0 radical (unpaired) electrons. The number of hydrogen-bond donors (Lipinski definition) is 2. The molecule has 4 aromatic rings. The van der Waals surface area contributed by atoms with Crippen molar-refractivity contribution in [1.29, 1.82) is 0 Å². The van der Waals surface area contributed by atoms with Crippen molar-refractivity contribution in [3.05, 3.63) is 82.9 Å². The highest BCUT2D eigenvalue weighted by Crippen LogP contribution is 2.18. The highest BCUT2D eigenvalue weighted by atomic mass is 79.9. The monoisotopic (exact) mass is 437 g/mol. The minimum Gasteiger partial charge on any atom is -0.345 e. The Morgan fingerprint density at radius 2 is 1.71 bits per heavy atom. The minimum absolute atomic E-state index is 0.399. The van der Waals surface area contributed by atoms with Gasteiger partial charge in [0, 0.05) is 29.0 Å². The SMILES string of the molecule is Cn1cc(Br)cc1C(=O)NNC(=O)c1ccc(-n2cnc3ccccc32)cc1. The van der Waals surface area contributed by atoms with Gasteiger partial charge >= 0.3 is 0 Å². The second-order valence-electron chi connectivity index (χ2n) is 6.21. The first kappa shape index (κ1) is 18.0. The molecule has 2 aromatic heterocycles. The molecule has 2 heterocycles. The van der Waals surface area contributed by atoms with Crippen LogP contribution in [0.2, 0.25) is 0 Å². The van der Waals surface area contributed by atoms with Crippen molar-refractivity contribution in [2.24, 2.45) is 7.05 Å². The zero-order chi connectivity index (χ0) is 19.7. The van der Waals surface area contributed by atoms with E-state index in [0.717, 1.165) is 21.2 Å². The average molecular weight is 438 g/mol. The lowest BCUT2D eigenvalue weighted by atomic mass is 10.2. The third-order valence-corrected chi connectivity index (χ3v) is 4.79. The van der Waals surface area contributed by atoms with Crippen LogP contribution < -0.4 is 10.9 Å². The van der Waals surface area contributed by atoms with Crippen molar-refractivity contribution in [3.8, 4) is 5.69 Å². The van der Waals surface area contributed by atoms with E-state index >= 15 is 0 Å². The van der Waals surface area contributed by atoms with E-state index in [1.165, 1.54) is 0 Å². The van der Waals surface area contributed by atoms with Gasteiger partial charge in [0.05, 0.1) is 11.0 Å². The van der Waals surface area contributed by atoms with Gasteiger partial charge in [0.25, 0.3) is 11.8 Å². The summed E-state index contributed by atoms with van der Waals surface area (Å²) in [5.74, 6) is -0.799. The lowest BCUT2D eigenvalue weighted by Crippen LogP contribution is -2.42. The van der Waals surface area contributed by atoms with Gasteiger partial charge in [-0.15, -0.1) is 0 Å². The summed E-state index contributed by atoms with van der Waals surface area (Å²) in [5, 5.41) is 0. The van der Waals surface area contributed by atoms with Crippen LogP contribution >= 0.6 is 15.9 Å². The van der Waals surface area contributed by atoms with Crippen LogP contribution in [0.3, 0.4) is 0 Å². The van der Waals surface area contributed by atoms with Gasteiger partial charge < -0.3 is 4.57 Å². The molecular formula is C20H16BrN5O2. The van der Waals surface area contributed by atoms with Crippen molar-refractivity contribution in [2.75, 3.05) is 0 Å². The highest BCUT2D eigenvalue weighted by Gasteiger charge is 2.13. The predicted molar refractivity (Wildman–Crippen MR) is 109 cm³/mol. The highest BCUT2D eigenvalue weighted by molar-refractivity contribution is 9.10. The summed E-state index contributed by atoms with van der Waals surface area (Å²) in [5.41, 5.74) is 8.49. The molecule has 0 aliphatic rings. The van der Waals surface area contributed by atoms with Crippen LogP contribution in [0.15, 0.2) is 71.6 Å². The Morgan fingerprint density at radius 1 is 1.00 bits per heavy atom. The third-order valence-electron chi connectivity index (χ3n) is 4.35. The van der Waals surface area contributed by atoms with E-state index in [1.54, 1.807) is 42.3 Å². The number of hydrogen-bond acceptors (Lipinski definition) is 3. The van der Waals surface area contributed by atoms with E-state index < -0.39 is 11.8 Å². The summed E-state index contributed by atoms with van der Waals surface area (Å²) >= 11 is 3.31. The lowest BCUT2D eigenvalue weighted by Gasteiger charge is -2.09. The Morgan fingerprint density at radius 3 is 2.43 bits per heavy atom. The van der Waals surface area contributed by atoms with Gasteiger partial charge in [0.1, 0.15) is 12.0 Å². The number of amides is 2. The number of nitrogens with zero attached hydrogens (tertiary/aromatic N) is 3. The number of benzene rings is 2. The Kier molecular flexibility index (Phi) is 4.70. The number of fused-ring (bicyclic) bond motifs is 1. The molecular weight excluding hydrogens is 422 g/mol. The molecule has 28 heavy (non-hydrogen) atoms. The molecule has 0 spiro atoms. The van der Waals surface area contributed by atoms with Crippen molar-refractivity contribution in [1.82, 2.24) is 25.0 Å². The van der Waals surface area contributed by atoms with Gasteiger partial charge in [-0.2, -0.15) is 0 Å². The van der Waals surface area contributed by atoms with Crippen molar-refractivity contribution < 1.29 is 9.59 Å². The van der Waals surface area contributed by atoms with Crippen LogP contribution in [-0.4, -0.2) is 25.9 Å². The normalized spacial score (nSPS) is 10.8. The fourth-order valence-electron chi connectivity index (χ4n) is 2.94. The average Bonchev–Trinajstić information content (AvgIpc) is 3.28. The van der Waals surface area contributed by atoms with E-state index in [4.69, 9.17) is 0 Å². The molecule has 0 bridgehead atoms. The number of halogens is 1. The first-order valence-corrected chi connectivity index (χ1v) is 9.27. The van der Waals surface area contributed by atoms with E-state index in [-0.39, 0.29) is 0 Å². The summed E-state index contributed by atoms with van der Waals surface area (Å²) in [6.45, 7) is 0. The quantitative estimate of drug-likeness (QED) is 0.482. The first-order chi connectivity index (χ1) is 13.5. The molecule has 2 aromatic carbocycles. The molecule has 0 aliphatic heterocycles. The maximum atomic E-state index is 12.3. The zero-order valence-electron chi connectivity index (χ0n) is 14.9. The van der Waals surface area contributed by atoms with Crippen LogP contribution in [0, 0.1) is 0 Å². The number of carbonyl (C=O) groups is 2. The second-order valence-corrected chi connectivity index (χ2v) is 7.13. The predicted octanol–water partition coefficient (Wildman–Crippen LogP) is 3.20. The molecule has 0 aliphatic carbocycles. The first-order valence-electron chi connectivity index (χ1n) is 8.48. The topological polar surface area (TPSA) is 81.0 Å². The largest absolute Gasteiger partial charge is 0.345 e. The summed E-state index contributed by atoms with van der Waals surface area (Å²) in [7, 11) is 1.75. The summed E-state index contributed by atoms with van der Waals surface area (Å²) in [6.07, 6.45) is 3.51. The standard InChI is InChI=1S/C20H16BrN5O2/c1-25-11-14(21)10-18(25)20(28)24-23-19(27)13-6-8-15(9-7-13)26-12-22-16-4-2-3-5-17(16)26/h2-12H,1H3,(H,23,27)(H,24,28).